The SMILES string of the molecule is CCOC(=O)c1c(NC(=O)c2ccc(C#N)c(C)n2)sc(C)c1CC. The number of rotatable bonds is 5. The summed E-state index contributed by atoms with van der Waals surface area (Å²) in [6.07, 6.45) is 0.667. The highest BCUT2D eigenvalue weighted by atomic mass is 32.1. The molecule has 0 fully saturated rings. The van der Waals surface area contributed by atoms with Crippen LogP contribution in [0.5, 0.6) is 0 Å². The molecule has 7 heteroatoms. The smallest absolute Gasteiger partial charge is 0.341 e. The van der Waals surface area contributed by atoms with E-state index in [-0.39, 0.29) is 12.3 Å². The molecule has 0 unspecified atom stereocenters. The molecule has 0 atom stereocenters. The van der Waals surface area contributed by atoms with E-state index >= 15 is 0 Å². The molecule has 0 radical (unpaired) electrons. The number of nitriles is 1. The Morgan fingerprint density at radius 3 is 2.60 bits per heavy atom. The van der Waals surface area contributed by atoms with Gasteiger partial charge >= 0.3 is 5.97 Å². The third-order valence-electron chi connectivity index (χ3n) is 3.71. The molecule has 0 saturated carbocycles. The van der Waals surface area contributed by atoms with Crippen LogP contribution in [0.1, 0.15) is 56.4 Å². The molecule has 1 amide bonds. The molecule has 0 bridgehead atoms. The van der Waals surface area contributed by atoms with Crippen LogP contribution >= 0.6 is 11.3 Å². The van der Waals surface area contributed by atoms with E-state index in [0.717, 1.165) is 10.4 Å². The zero-order valence-corrected chi connectivity index (χ0v) is 15.4. The third kappa shape index (κ3) is 3.86. The van der Waals surface area contributed by atoms with Crippen molar-refractivity contribution >= 4 is 28.2 Å². The number of thiophene rings is 1. The zero-order chi connectivity index (χ0) is 18.6. The van der Waals surface area contributed by atoms with Crippen molar-refractivity contribution in [3.8, 4) is 6.07 Å². The lowest BCUT2D eigenvalue weighted by Crippen LogP contribution is -2.16. The van der Waals surface area contributed by atoms with Crippen LogP contribution in [0.2, 0.25) is 0 Å². The molecule has 0 aromatic carbocycles. The number of amides is 1. The summed E-state index contributed by atoms with van der Waals surface area (Å²) in [5.41, 5.74) is 2.38. The number of carbonyl (C=O) groups is 2. The van der Waals surface area contributed by atoms with Gasteiger partial charge in [0.1, 0.15) is 16.8 Å². The number of pyridine rings is 1. The summed E-state index contributed by atoms with van der Waals surface area (Å²) in [6, 6.07) is 5.06. The van der Waals surface area contributed by atoms with Crippen LogP contribution in [0.3, 0.4) is 0 Å². The monoisotopic (exact) mass is 357 g/mol. The fraction of sp³-hybridized carbons (Fsp3) is 0.333. The van der Waals surface area contributed by atoms with Crippen molar-refractivity contribution in [3.05, 3.63) is 45.1 Å². The van der Waals surface area contributed by atoms with Gasteiger partial charge in [0.15, 0.2) is 0 Å². The van der Waals surface area contributed by atoms with Crippen molar-refractivity contribution in [1.29, 1.82) is 5.26 Å². The van der Waals surface area contributed by atoms with Crippen molar-refractivity contribution in [2.24, 2.45) is 0 Å². The second kappa shape index (κ2) is 7.90. The van der Waals surface area contributed by atoms with Gasteiger partial charge in [-0.2, -0.15) is 5.26 Å². The molecular weight excluding hydrogens is 338 g/mol. The molecule has 6 nitrogen and oxygen atoms in total. The molecule has 0 aliphatic heterocycles. The quantitative estimate of drug-likeness (QED) is 0.825. The Morgan fingerprint density at radius 1 is 1.32 bits per heavy atom. The van der Waals surface area contributed by atoms with Crippen molar-refractivity contribution < 1.29 is 14.3 Å². The Morgan fingerprint density at radius 2 is 2.04 bits per heavy atom. The molecule has 0 spiro atoms. The number of anilines is 1. The largest absolute Gasteiger partial charge is 0.462 e. The lowest BCUT2D eigenvalue weighted by molar-refractivity contribution is 0.0527. The van der Waals surface area contributed by atoms with Gasteiger partial charge in [-0.05, 0) is 44.9 Å². The van der Waals surface area contributed by atoms with Crippen LogP contribution in [-0.4, -0.2) is 23.5 Å². The Balaban J connectivity index is 2.36. The molecule has 2 heterocycles. The summed E-state index contributed by atoms with van der Waals surface area (Å²) < 4.78 is 5.13. The van der Waals surface area contributed by atoms with Gasteiger partial charge in [-0.1, -0.05) is 6.92 Å². The van der Waals surface area contributed by atoms with E-state index in [0.29, 0.717) is 28.2 Å². The van der Waals surface area contributed by atoms with Gasteiger partial charge in [0.05, 0.1) is 23.4 Å². The van der Waals surface area contributed by atoms with Crippen LogP contribution in [0, 0.1) is 25.2 Å². The fourth-order valence-corrected chi connectivity index (χ4v) is 3.61. The van der Waals surface area contributed by atoms with Gasteiger partial charge in [0.25, 0.3) is 5.91 Å². The van der Waals surface area contributed by atoms with E-state index in [1.807, 2.05) is 19.9 Å². The highest BCUT2D eigenvalue weighted by Gasteiger charge is 2.24. The van der Waals surface area contributed by atoms with E-state index in [1.54, 1.807) is 19.9 Å². The first-order valence-electron chi connectivity index (χ1n) is 7.91. The second-order valence-corrected chi connectivity index (χ2v) is 6.54. The van der Waals surface area contributed by atoms with Gasteiger partial charge in [-0.25, -0.2) is 9.78 Å². The maximum Gasteiger partial charge on any atom is 0.341 e. The summed E-state index contributed by atoms with van der Waals surface area (Å²) in [4.78, 5) is 29.9. The lowest BCUT2D eigenvalue weighted by atomic mass is 10.1. The predicted octanol–water partition coefficient (Wildman–Crippen LogP) is 3.62. The minimum atomic E-state index is -0.442. The highest BCUT2D eigenvalue weighted by molar-refractivity contribution is 7.16. The number of carbonyl (C=O) groups excluding carboxylic acids is 2. The number of nitrogens with one attached hydrogen (secondary N) is 1. The molecule has 25 heavy (non-hydrogen) atoms. The van der Waals surface area contributed by atoms with Crippen molar-refractivity contribution in [2.75, 3.05) is 11.9 Å². The Kier molecular flexibility index (Phi) is 5.88. The van der Waals surface area contributed by atoms with Crippen molar-refractivity contribution in [3.63, 3.8) is 0 Å². The number of hydrogen-bond donors (Lipinski definition) is 1. The predicted molar refractivity (Wildman–Crippen MR) is 96.0 cm³/mol. The summed E-state index contributed by atoms with van der Waals surface area (Å²) in [6.45, 7) is 7.54. The van der Waals surface area contributed by atoms with Crippen molar-refractivity contribution in [1.82, 2.24) is 4.98 Å². The van der Waals surface area contributed by atoms with Gasteiger partial charge in [0.2, 0.25) is 0 Å². The van der Waals surface area contributed by atoms with Gasteiger partial charge < -0.3 is 10.1 Å². The highest BCUT2D eigenvalue weighted by Crippen LogP contribution is 2.34. The van der Waals surface area contributed by atoms with E-state index in [9.17, 15) is 9.59 Å². The van der Waals surface area contributed by atoms with E-state index in [4.69, 9.17) is 10.00 Å². The number of aryl methyl sites for hydroxylation is 2. The van der Waals surface area contributed by atoms with Crippen molar-refractivity contribution in [2.45, 2.75) is 34.1 Å². The van der Waals surface area contributed by atoms with Crippen LogP contribution in [-0.2, 0) is 11.2 Å². The molecule has 2 aromatic heterocycles. The molecule has 2 aromatic rings. The standard InChI is InChI=1S/C18H19N3O3S/c1-5-13-11(4)25-17(15(13)18(23)24-6-2)21-16(22)14-8-7-12(9-19)10(3)20-14/h7-8H,5-6H2,1-4H3,(H,21,22). The van der Waals surface area contributed by atoms with Gasteiger partial charge in [0, 0.05) is 4.88 Å². The first-order chi connectivity index (χ1) is 11.9. The van der Waals surface area contributed by atoms with Crippen LogP contribution < -0.4 is 5.32 Å². The molecule has 0 aliphatic rings. The summed E-state index contributed by atoms with van der Waals surface area (Å²) in [5.74, 6) is -0.870. The first-order valence-corrected chi connectivity index (χ1v) is 8.73. The van der Waals surface area contributed by atoms with Gasteiger partial charge in [-0.3, -0.25) is 4.79 Å². The fourth-order valence-electron chi connectivity index (χ4n) is 2.48. The summed E-state index contributed by atoms with van der Waals surface area (Å²) >= 11 is 1.34. The summed E-state index contributed by atoms with van der Waals surface area (Å²) in [7, 11) is 0. The number of ether oxygens (including phenoxy) is 1. The number of nitrogens with zero attached hydrogens (tertiary/aromatic N) is 2. The molecule has 1 N–H and O–H groups in total. The maximum absolute atomic E-state index is 12.5. The van der Waals surface area contributed by atoms with E-state index < -0.39 is 11.9 Å². The zero-order valence-electron chi connectivity index (χ0n) is 14.6. The van der Waals surface area contributed by atoms with Crippen LogP contribution in [0.25, 0.3) is 0 Å². The van der Waals surface area contributed by atoms with Crippen LogP contribution in [0.4, 0.5) is 5.00 Å². The minimum absolute atomic E-state index is 0.190. The van der Waals surface area contributed by atoms with Crippen LogP contribution in [0.15, 0.2) is 12.1 Å². The third-order valence-corrected chi connectivity index (χ3v) is 4.77. The number of hydrogen-bond acceptors (Lipinski definition) is 6. The Labute approximate surface area is 150 Å². The Bertz CT molecular complexity index is 865. The van der Waals surface area contributed by atoms with E-state index in [1.165, 1.54) is 17.4 Å². The molecule has 2 rings (SSSR count). The van der Waals surface area contributed by atoms with Gasteiger partial charge in [-0.15, -0.1) is 11.3 Å². The maximum atomic E-state index is 12.5. The summed E-state index contributed by atoms with van der Waals surface area (Å²) in [5, 5.41) is 12.2. The normalized spacial score (nSPS) is 10.2. The number of aromatic nitrogens is 1. The average molecular weight is 357 g/mol. The molecule has 130 valence electrons. The lowest BCUT2D eigenvalue weighted by Gasteiger charge is -2.08. The molecule has 0 saturated heterocycles. The Hall–Kier alpha value is -2.72. The molecular formula is C18H19N3O3S. The molecule has 0 aliphatic carbocycles. The average Bonchev–Trinajstić information content (AvgIpc) is 2.90. The topological polar surface area (TPSA) is 92.1 Å². The van der Waals surface area contributed by atoms with E-state index in [2.05, 4.69) is 10.3 Å². The second-order valence-electron chi connectivity index (χ2n) is 5.31. The minimum Gasteiger partial charge on any atom is -0.462 e. The number of esters is 1. The first kappa shape index (κ1) is 18.6.